The van der Waals surface area contributed by atoms with Crippen LogP contribution in [0, 0.1) is 0 Å². The van der Waals surface area contributed by atoms with Gasteiger partial charge in [0.2, 0.25) is 5.91 Å². The molecule has 0 atom stereocenters. The van der Waals surface area contributed by atoms with Crippen LogP contribution in [-0.2, 0) is 9.53 Å². The summed E-state index contributed by atoms with van der Waals surface area (Å²) in [5, 5.41) is 12.1. The highest BCUT2D eigenvalue weighted by Gasteiger charge is 2.18. The smallest absolute Gasteiger partial charge is 0.225 e. The van der Waals surface area contributed by atoms with Gasteiger partial charge in [-0.2, -0.15) is 0 Å². The normalized spacial score (nSPS) is 16.8. The molecule has 0 aromatic carbocycles. The molecule has 1 fully saturated rings. The Morgan fingerprint density at radius 2 is 2.11 bits per heavy atom. The number of carbonyl (C=O) groups excluding carboxylic acids is 1. The number of aliphatic hydroxyl groups excluding tert-OH is 1. The fourth-order valence-corrected chi connectivity index (χ4v) is 2.33. The number of piperidine rings is 1. The number of hydrogen-bond donors (Lipinski definition) is 2. The van der Waals surface area contributed by atoms with Crippen molar-refractivity contribution in [2.24, 2.45) is 0 Å². The summed E-state index contributed by atoms with van der Waals surface area (Å²) in [6.07, 6.45) is 3.45. The fraction of sp³-hybridized carbons (Fsp3) is 0.929. The third-order valence-electron chi connectivity index (χ3n) is 3.46. The first-order chi connectivity index (χ1) is 9.15. The number of aliphatic hydroxyl groups is 1. The number of nitrogens with one attached hydrogen (secondary N) is 1. The van der Waals surface area contributed by atoms with Crippen LogP contribution in [0.25, 0.3) is 0 Å². The van der Waals surface area contributed by atoms with Crippen molar-refractivity contribution < 1.29 is 14.6 Å². The van der Waals surface area contributed by atoms with Crippen LogP contribution in [-0.4, -0.2) is 60.9 Å². The Morgan fingerprint density at radius 1 is 1.42 bits per heavy atom. The van der Waals surface area contributed by atoms with Crippen molar-refractivity contribution in [3.63, 3.8) is 0 Å². The van der Waals surface area contributed by atoms with Crippen molar-refractivity contribution >= 4 is 5.91 Å². The molecule has 0 aliphatic carbocycles. The molecule has 5 heteroatoms. The second-order valence-electron chi connectivity index (χ2n) is 5.33. The maximum atomic E-state index is 12.1. The van der Waals surface area contributed by atoms with Crippen LogP contribution in [0.3, 0.4) is 0 Å². The monoisotopic (exact) mass is 272 g/mol. The van der Waals surface area contributed by atoms with E-state index in [4.69, 9.17) is 9.84 Å². The van der Waals surface area contributed by atoms with Gasteiger partial charge in [0.05, 0.1) is 19.1 Å². The largest absolute Gasteiger partial charge is 0.396 e. The van der Waals surface area contributed by atoms with Gasteiger partial charge in [0.1, 0.15) is 0 Å². The van der Waals surface area contributed by atoms with Gasteiger partial charge in [-0.05, 0) is 46.2 Å². The van der Waals surface area contributed by atoms with Crippen molar-refractivity contribution in [3.8, 4) is 0 Å². The standard InChI is InChI=1S/C14H28N2O3/c1-12(2)16(9-3-10-17)14(18)6-11-19-13-4-7-15-8-5-13/h12-13,15,17H,3-11H2,1-2H3. The molecule has 1 amide bonds. The number of rotatable bonds is 8. The summed E-state index contributed by atoms with van der Waals surface area (Å²) in [7, 11) is 0. The molecule has 1 rings (SSSR count). The molecule has 112 valence electrons. The molecule has 0 bridgehead atoms. The molecule has 1 heterocycles. The first-order valence-electron chi connectivity index (χ1n) is 7.37. The Labute approximate surface area is 116 Å². The molecule has 1 aliphatic rings. The van der Waals surface area contributed by atoms with E-state index in [0.29, 0.717) is 32.1 Å². The lowest BCUT2D eigenvalue weighted by Crippen LogP contribution is -2.39. The number of ether oxygens (including phenoxy) is 1. The van der Waals surface area contributed by atoms with Crippen molar-refractivity contribution in [1.29, 1.82) is 0 Å². The van der Waals surface area contributed by atoms with Gasteiger partial charge in [0, 0.05) is 19.2 Å². The number of hydrogen-bond acceptors (Lipinski definition) is 4. The minimum atomic E-state index is 0.123. The predicted octanol–water partition coefficient (Wildman–Crippen LogP) is 0.764. The van der Waals surface area contributed by atoms with E-state index in [1.807, 2.05) is 18.7 Å². The van der Waals surface area contributed by atoms with Gasteiger partial charge in [-0.3, -0.25) is 4.79 Å². The van der Waals surface area contributed by atoms with Crippen LogP contribution in [0.4, 0.5) is 0 Å². The second kappa shape index (κ2) is 9.28. The van der Waals surface area contributed by atoms with E-state index in [2.05, 4.69) is 5.32 Å². The number of carbonyl (C=O) groups is 1. The molecule has 0 aromatic heterocycles. The van der Waals surface area contributed by atoms with Gasteiger partial charge in [-0.25, -0.2) is 0 Å². The Hall–Kier alpha value is -0.650. The van der Waals surface area contributed by atoms with Crippen molar-refractivity contribution in [2.45, 2.75) is 51.7 Å². The van der Waals surface area contributed by atoms with Crippen LogP contribution >= 0.6 is 0 Å². The van der Waals surface area contributed by atoms with Crippen molar-refractivity contribution in [2.75, 3.05) is 32.8 Å². The highest BCUT2D eigenvalue weighted by molar-refractivity contribution is 5.76. The minimum absolute atomic E-state index is 0.123. The molecule has 1 saturated heterocycles. The summed E-state index contributed by atoms with van der Waals surface area (Å²) in [6.45, 7) is 7.28. The molecule has 1 aliphatic heterocycles. The lowest BCUT2D eigenvalue weighted by molar-refractivity contribution is -0.134. The molecule has 0 spiro atoms. The van der Waals surface area contributed by atoms with Crippen molar-refractivity contribution in [3.05, 3.63) is 0 Å². The Bertz CT molecular complexity index is 253. The molecular formula is C14H28N2O3. The van der Waals surface area contributed by atoms with Crippen LogP contribution in [0.2, 0.25) is 0 Å². The maximum Gasteiger partial charge on any atom is 0.225 e. The van der Waals surface area contributed by atoms with E-state index in [0.717, 1.165) is 25.9 Å². The first-order valence-corrected chi connectivity index (χ1v) is 7.37. The average Bonchev–Trinajstić information content (AvgIpc) is 2.40. The zero-order valence-electron chi connectivity index (χ0n) is 12.2. The summed E-state index contributed by atoms with van der Waals surface area (Å²) >= 11 is 0. The Balaban J connectivity index is 2.23. The van der Waals surface area contributed by atoms with Crippen molar-refractivity contribution in [1.82, 2.24) is 10.2 Å². The molecular weight excluding hydrogens is 244 g/mol. The molecule has 5 nitrogen and oxygen atoms in total. The molecule has 0 radical (unpaired) electrons. The van der Waals surface area contributed by atoms with Crippen LogP contribution in [0.5, 0.6) is 0 Å². The lowest BCUT2D eigenvalue weighted by atomic mass is 10.1. The van der Waals surface area contributed by atoms with E-state index in [1.54, 1.807) is 0 Å². The SMILES string of the molecule is CC(C)N(CCCO)C(=O)CCOC1CCNCC1. The topological polar surface area (TPSA) is 61.8 Å². The van der Waals surface area contributed by atoms with Gasteiger partial charge >= 0.3 is 0 Å². The molecule has 0 unspecified atom stereocenters. The highest BCUT2D eigenvalue weighted by atomic mass is 16.5. The zero-order valence-corrected chi connectivity index (χ0v) is 12.2. The maximum absolute atomic E-state index is 12.1. The number of amides is 1. The van der Waals surface area contributed by atoms with E-state index in [-0.39, 0.29) is 18.6 Å². The molecule has 19 heavy (non-hydrogen) atoms. The highest BCUT2D eigenvalue weighted by Crippen LogP contribution is 2.09. The number of nitrogens with zero attached hydrogens (tertiary/aromatic N) is 1. The van der Waals surface area contributed by atoms with Gasteiger partial charge < -0.3 is 20.1 Å². The summed E-state index contributed by atoms with van der Waals surface area (Å²) in [4.78, 5) is 13.9. The summed E-state index contributed by atoms with van der Waals surface area (Å²) < 4.78 is 5.75. The molecule has 0 aromatic rings. The lowest BCUT2D eigenvalue weighted by Gasteiger charge is -2.27. The average molecular weight is 272 g/mol. The van der Waals surface area contributed by atoms with E-state index in [9.17, 15) is 4.79 Å². The van der Waals surface area contributed by atoms with Crippen LogP contribution in [0.15, 0.2) is 0 Å². The van der Waals surface area contributed by atoms with Gasteiger partial charge in [-0.15, -0.1) is 0 Å². The second-order valence-corrected chi connectivity index (χ2v) is 5.33. The first kappa shape index (κ1) is 16.4. The molecule has 0 saturated carbocycles. The summed E-state index contributed by atoms with van der Waals surface area (Å²) in [5.41, 5.74) is 0. The minimum Gasteiger partial charge on any atom is -0.396 e. The van der Waals surface area contributed by atoms with Crippen LogP contribution < -0.4 is 5.32 Å². The zero-order chi connectivity index (χ0) is 14.1. The van der Waals surface area contributed by atoms with Gasteiger partial charge in [-0.1, -0.05) is 0 Å². The summed E-state index contributed by atoms with van der Waals surface area (Å²) in [6, 6.07) is 0.179. The van der Waals surface area contributed by atoms with Gasteiger partial charge in [0.25, 0.3) is 0 Å². The van der Waals surface area contributed by atoms with Crippen LogP contribution in [0.1, 0.15) is 39.5 Å². The van der Waals surface area contributed by atoms with Gasteiger partial charge in [0.15, 0.2) is 0 Å². The third kappa shape index (κ3) is 6.36. The predicted molar refractivity (Wildman–Crippen MR) is 75.0 cm³/mol. The quantitative estimate of drug-likeness (QED) is 0.685. The Morgan fingerprint density at radius 3 is 2.68 bits per heavy atom. The van der Waals surface area contributed by atoms with E-state index >= 15 is 0 Å². The molecule has 2 N–H and O–H groups in total. The van der Waals surface area contributed by atoms with E-state index < -0.39 is 0 Å². The Kier molecular flexibility index (Phi) is 8.02. The summed E-state index contributed by atoms with van der Waals surface area (Å²) in [5.74, 6) is 0.123. The third-order valence-corrected chi connectivity index (χ3v) is 3.46. The van der Waals surface area contributed by atoms with E-state index in [1.165, 1.54) is 0 Å². The fourth-order valence-electron chi connectivity index (χ4n) is 2.33.